The molecule has 66 valence electrons. The van der Waals surface area contributed by atoms with Crippen molar-refractivity contribution in [3.05, 3.63) is 17.0 Å². The van der Waals surface area contributed by atoms with Crippen LogP contribution in [-0.4, -0.2) is 9.97 Å². The van der Waals surface area contributed by atoms with Crippen LogP contribution in [0.25, 0.3) is 0 Å². The van der Waals surface area contributed by atoms with Gasteiger partial charge < -0.3 is 5.73 Å². The third kappa shape index (κ3) is 1.58. The molecule has 0 aliphatic carbocycles. The lowest BCUT2D eigenvalue weighted by Gasteiger charge is -2.08. The molecule has 0 aromatic carbocycles. The van der Waals surface area contributed by atoms with Crippen LogP contribution in [0.4, 0.5) is 19.0 Å². The second-order valence-corrected chi connectivity index (χ2v) is 2.28. The lowest BCUT2D eigenvalue weighted by Crippen LogP contribution is -2.11. The number of hydrogen-bond donors (Lipinski definition) is 1. The average Bonchev–Trinajstić information content (AvgIpc) is 1.82. The fraction of sp³-hybridized carbons (Fsp3) is 0.200. The van der Waals surface area contributed by atoms with Crippen LogP contribution in [0.5, 0.6) is 0 Å². The molecule has 0 saturated heterocycles. The predicted molar refractivity (Wildman–Crippen MR) is 36.5 cm³/mol. The van der Waals surface area contributed by atoms with Crippen LogP contribution < -0.4 is 5.73 Å². The highest BCUT2D eigenvalue weighted by atomic mass is 35.5. The van der Waals surface area contributed by atoms with E-state index in [9.17, 15) is 13.2 Å². The van der Waals surface area contributed by atoms with Gasteiger partial charge in [-0.1, -0.05) is 11.6 Å². The van der Waals surface area contributed by atoms with Crippen molar-refractivity contribution in [1.29, 1.82) is 0 Å². The number of anilines is 1. The number of alkyl halides is 3. The van der Waals surface area contributed by atoms with Gasteiger partial charge >= 0.3 is 6.18 Å². The first-order chi connectivity index (χ1) is 5.43. The molecule has 3 nitrogen and oxygen atoms in total. The Balaban J connectivity index is 3.31. The second-order valence-electron chi connectivity index (χ2n) is 1.92. The molecule has 0 fully saturated rings. The van der Waals surface area contributed by atoms with E-state index in [1.54, 1.807) is 0 Å². The van der Waals surface area contributed by atoms with Crippen molar-refractivity contribution in [3.63, 3.8) is 0 Å². The van der Waals surface area contributed by atoms with E-state index in [1.807, 2.05) is 0 Å². The molecule has 0 spiro atoms. The number of nitrogens with zero attached hydrogens (tertiary/aromatic N) is 2. The van der Waals surface area contributed by atoms with Gasteiger partial charge in [0, 0.05) is 0 Å². The van der Waals surface area contributed by atoms with E-state index in [2.05, 4.69) is 9.97 Å². The third-order valence-corrected chi connectivity index (χ3v) is 1.40. The molecule has 0 saturated carbocycles. The van der Waals surface area contributed by atoms with Gasteiger partial charge in [-0.15, -0.1) is 0 Å². The molecule has 0 amide bonds. The van der Waals surface area contributed by atoms with Crippen LogP contribution in [0, 0.1) is 0 Å². The monoisotopic (exact) mass is 197 g/mol. The van der Waals surface area contributed by atoms with E-state index in [0.717, 1.165) is 6.33 Å². The zero-order valence-corrected chi connectivity index (χ0v) is 6.32. The van der Waals surface area contributed by atoms with Crippen molar-refractivity contribution in [2.75, 3.05) is 5.73 Å². The summed E-state index contributed by atoms with van der Waals surface area (Å²) in [4.78, 5) is 6.33. The minimum absolute atomic E-state index is 0.664. The molecule has 0 aliphatic heterocycles. The first-order valence-corrected chi connectivity index (χ1v) is 3.14. The maximum absolute atomic E-state index is 12.1. The Kier molecular flexibility index (Phi) is 2.10. The van der Waals surface area contributed by atoms with E-state index in [4.69, 9.17) is 17.3 Å². The fourth-order valence-electron chi connectivity index (χ4n) is 0.639. The average molecular weight is 198 g/mol. The Morgan fingerprint density at radius 1 is 1.33 bits per heavy atom. The van der Waals surface area contributed by atoms with Crippen molar-refractivity contribution >= 4 is 17.4 Å². The highest BCUT2D eigenvalue weighted by molar-refractivity contribution is 6.30. The van der Waals surface area contributed by atoms with Gasteiger partial charge in [0.2, 0.25) is 0 Å². The highest BCUT2D eigenvalue weighted by Crippen LogP contribution is 2.36. The molecule has 12 heavy (non-hydrogen) atoms. The topological polar surface area (TPSA) is 51.8 Å². The smallest absolute Gasteiger partial charge is 0.383 e. The van der Waals surface area contributed by atoms with Gasteiger partial charge in [0.1, 0.15) is 22.9 Å². The second kappa shape index (κ2) is 2.78. The van der Waals surface area contributed by atoms with Gasteiger partial charge in [0.15, 0.2) is 0 Å². The Bertz CT molecular complexity index is 278. The van der Waals surface area contributed by atoms with Gasteiger partial charge in [-0.05, 0) is 0 Å². The minimum Gasteiger partial charge on any atom is -0.383 e. The van der Waals surface area contributed by atoms with Gasteiger partial charge in [-0.3, -0.25) is 0 Å². The number of nitrogen functional groups attached to an aromatic ring is 1. The summed E-state index contributed by atoms with van der Waals surface area (Å²) in [5, 5.41) is -0.685. The Morgan fingerprint density at radius 2 is 1.92 bits per heavy atom. The quantitative estimate of drug-likeness (QED) is 0.645. The lowest BCUT2D eigenvalue weighted by molar-refractivity contribution is -0.137. The van der Waals surface area contributed by atoms with Gasteiger partial charge in [0.05, 0.1) is 0 Å². The number of rotatable bonds is 0. The molecule has 2 N–H and O–H groups in total. The maximum atomic E-state index is 12.1. The van der Waals surface area contributed by atoms with Crippen LogP contribution in [0.1, 0.15) is 5.56 Å². The summed E-state index contributed by atoms with van der Waals surface area (Å²) < 4.78 is 36.2. The number of halogens is 4. The molecule has 1 aromatic heterocycles. The minimum atomic E-state index is -4.61. The normalized spacial score (nSPS) is 11.7. The SMILES string of the molecule is Nc1ncnc(Cl)c1C(F)(F)F. The van der Waals surface area contributed by atoms with E-state index in [0.29, 0.717) is 0 Å². The number of aromatic nitrogens is 2. The standard InChI is InChI=1S/C5H3ClF3N3/c6-3-2(5(7,8)9)4(10)12-1-11-3/h1H,(H2,10,11,12). The third-order valence-electron chi connectivity index (χ3n) is 1.11. The van der Waals surface area contributed by atoms with Crippen LogP contribution >= 0.6 is 11.6 Å². The molecular formula is C5H3ClF3N3. The summed E-state index contributed by atoms with van der Waals surface area (Å²) in [5.41, 5.74) is 3.76. The lowest BCUT2D eigenvalue weighted by atomic mass is 10.3. The molecule has 0 aliphatic rings. The predicted octanol–water partition coefficient (Wildman–Crippen LogP) is 1.73. The van der Waals surface area contributed by atoms with E-state index in [-0.39, 0.29) is 0 Å². The Hall–Kier alpha value is -1.04. The Morgan fingerprint density at radius 3 is 2.25 bits per heavy atom. The van der Waals surface area contributed by atoms with Crippen LogP contribution in [0.2, 0.25) is 5.15 Å². The number of nitrogens with two attached hydrogens (primary N) is 1. The molecule has 1 aromatic rings. The van der Waals surface area contributed by atoms with Crippen molar-refractivity contribution in [2.24, 2.45) is 0 Å². The van der Waals surface area contributed by atoms with Gasteiger partial charge in [-0.2, -0.15) is 13.2 Å². The maximum Gasteiger partial charge on any atom is 0.422 e. The highest BCUT2D eigenvalue weighted by Gasteiger charge is 2.37. The summed E-state index contributed by atoms with van der Waals surface area (Å²) >= 11 is 5.16. The molecule has 0 bridgehead atoms. The molecule has 0 atom stereocenters. The number of hydrogen-bond acceptors (Lipinski definition) is 3. The van der Waals surface area contributed by atoms with Crippen LogP contribution in [0.3, 0.4) is 0 Å². The summed E-state index contributed by atoms with van der Waals surface area (Å²) in [6.45, 7) is 0. The zero-order chi connectivity index (χ0) is 9.35. The summed E-state index contributed by atoms with van der Waals surface area (Å²) in [6, 6.07) is 0. The molecular weight excluding hydrogens is 195 g/mol. The van der Waals surface area contributed by atoms with E-state index in [1.165, 1.54) is 0 Å². The van der Waals surface area contributed by atoms with Gasteiger partial charge in [-0.25, -0.2) is 9.97 Å². The fourth-order valence-corrected chi connectivity index (χ4v) is 0.886. The zero-order valence-electron chi connectivity index (χ0n) is 5.56. The summed E-state index contributed by atoms with van der Waals surface area (Å²) in [5.74, 6) is -0.664. The van der Waals surface area contributed by atoms with E-state index < -0.39 is 22.7 Å². The molecule has 1 rings (SSSR count). The molecule has 7 heteroatoms. The van der Waals surface area contributed by atoms with E-state index >= 15 is 0 Å². The molecule has 0 radical (unpaired) electrons. The summed E-state index contributed by atoms with van der Waals surface area (Å²) in [6.07, 6.45) is -3.74. The summed E-state index contributed by atoms with van der Waals surface area (Å²) in [7, 11) is 0. The Labute approximate surface area is 70.4 Å². The van der Waals surface area contributed by atoms with Crippen molar-refractivity contribution in [2.45, 2.75) is 6.18 Å². The van der Waals surface area contributed by atoms with Crippen LogP contribution in [-0.2, 0) is 6.18 Å². The van der Waals surface area contributed by atoms with Crippen molar-refractivity contribution in [3.8, 4) is 0 Å². The molecule has 0 unspecified atom stereocenters. The van der Waals surface area contributed by atoms with Gasteiger partial charge in [0.25, 0.3) is 0 Å². The van der Waals surface area contributed by atoms with Crippen molar-refractivity contribution < 1.29 is 13.2 Å². The largest absolute Gasteiger partial charge is 0.422 e. The van der Waals surface area contributed by atoms with Crippen molar-refractivity contribution in [1.82, 2.24) is 9.97 Å². The van der Waals surface area contributed by atoms with Crippen LogP contribution in [0.15, 0.2) is 6.33 Å². The first kappa shape index (κ1) is 9.05. The molecule has 1 heterocycles. The first-order valence-electron chi connectivity index (χ1n) is 2.76.